The maximum Gasteiger partial charge on any atom is 0.124 e. The van der Waals surface area contributed by atoms with Crippen LogP contribution in [0.1, 0.15) is 25.3 Å². The summed E-state index contributed by atoms with van der Waals surface area (Å²) in [6.07, 6.45) is 1.81. The van der Waals surface area contributed by atoms with Crippen molar-refractivity contribution >= 4 is 11.6 Å². The van der Waals surface area contributed by atoms with E-state index in [4.69, 9.17) is 17.3 Å². The first-order valence-electron chi connectivity index (χ1n) is 5.37. The third-order valence-corrected chi connectivity index (χ3v) is 2.98. The Balaban J connectivity index is 2.85. The molecule has 1 aromatic rings. The van der Waals surface area contributed by atoms with Crippen molar-refractivity contribution in [2.75, 3.05) is 6.54 Å². The molecule has 90 valence electrons. The van der Waals surface area contributed by atoms with Crippen LogP contribution >= 0.6 is 11.6 Å². The summed E-state index contributed by atoms with van der Waals surface area (Å²) in [7, 11) is 0. The smallest absolute Gasteiger partial charge is 0.124 e. The van der Waals surface area contributed by atoms with E-state index in [2.05, 4.69) is 0 Å². The Morgan fingerprint density at radius 1 is 1.50 bits per heavy atom. The van der Waals surface area contributed by atoms with Gasteiger partial charge in [0.05, 0.1) is 5.60 Å². The Morgan fingerprint density at radius 3 is 2.69 bits per heavy atom. The molecule has 1 unspecified atom stereocenters. The third-order valence-electron chi connectivity index (χ3n) is 2.63. The van der Waals surface area contributed by atoms with Gasteiger partial charge in [0.1, 0.15) is 5.82 Å². The molecule has 0 radical (unpaired) electrons. The number of hydrogen-bond donors (Lipinski definition) is 2. The Bertz CT molecular complexity index is 359. The molecule has 0 saturated carbocycles. The quantitative estimate of drug-likeness (QED) is 0.837. The summed E-state index contributed by atoms with van der Waals surface area (Å²) in [6.45, 7) is 2.15. The fraction of sp³-hybridized carbons (Fsp3) is 0.500. The standard InChI is InChI=1S/C12H17ClFNO/c1-2-5-12(16,8-15)7-9-3-4-10(14)6-11(9)13/h3-4,6,16H,2,5,7-8,15H2,1H3. The number of aliphatic hydroxyl groups is 1. The molecular weight excluding hydrogens is 229 g/mol. The van der Waals surface area contributed by atoms with Gasteiger partial charge in [-0.3, -0.25) is 0 Å². The van der Waals surface area contributed by atoms with Crippen LogP contribution in [0.25, 0.3) is 0 Å². The molecule has 1 atom stereocenters. The number of rotatable bonds is 5. The van der Waals surface area contributed by atoms with E-state index in [1.165, 1.54) is 12.1 Å². The van der Waals surface area contributed by atoms with Crippen molar-refractivity contribution in [3.63, 3.8) is 0 Å². The SMILES string of the molecule is CCCC(O)(CN)Cc1ccc(F)cc1Cl. The zero-order valence-electron chi connectivity index (χ0n) is 9.34. The topological polar surface area (TPSA) is 46.2 Å². The Hall–Kier alpha value is -0.640. The highest BCUT2D eigenvalue weighted by atomic mass is 35.5. The molecule has 2 nitrogen and oxygen atoms in total. The summed E-state index contributed by atoms with van der Waals surface area (Å²) in [4.78, 5) is 0. The summed E-state index contributed by atoms with van der Waals surface area (Å²) < 4.78 is 12.8. The second kappa shape index (κ2) is 5.62. The van der Waals surface area contributed by atoms with E-state index >= 15 is 0 Å². The highest BCUT2D eigenvalue weighted by Crippen LogP contribution is 2.24. The Labute approximate surface area is 100 Å². The van der Waals surface area contributed by atoms with Crippen molar-refractivity contribution in [2.45, 2.75) is 31.8 Å². The highest BCUT2D eigenvalue weighted by Gasteiger charge is 2.25. The van der Waals surface area contributed by atoms with Crippen LogP contribution in [-0.2, 0) is 6.42 Å². The van der Waals surface area contributed by atoms with Crippen LogP contribution < -0.4 is 5.73 Å². The maximum absolute atomic E-state index is 12.8. The van der Waals surface area contributed by atoms with Crippen LogP contribution in [0.2, 0.25) is 5.02 Å². The van der Waals surface area contributed by atoms with Crippen LogP contribution in [-0.4, -0.2) is 17.3 Å². The molecule has 0 amide bonds. The molecule has 4 heteroatoms. The fourth-order valence-corrected chi connectivity index (χ4v) is 1.98. The molecular formula is C12H17ClFNO. The van der Waals surface area contributed by atoms with Gasteiger partial charge in [0, 0.05) is 18.0 Å². The van der Waals surface area contributed by atoms with Crippen LogP contribution in [0.4, 0.5) is 4.39 Å². The Kier molecular flexibility index (Phi) is 4.71. The predicted molar refractivity (Wildman–Crippen MR) is 64.0 cm³/mol. The molecule has 1 aromatic carbocycles. The molecule has 0 bridgehead atoms. The van der Waals surface area contributed by atoms with E-state index < -0.39 is 5.60 Å². The second-order valence-electron chi connectivity index (χ2n) is 4.09. The monoisotopic (exact) mass is 245 g/mol. The lowest BCUT2D eigenvalue weighted by atomic mass is 9.90. The average molecular weight is 246 g/mol. The minimum atomic E-state index is -0.948. The van der Waals surface area contributed by atoms with Gasteiger partial charge in [-0.15, -0.1) is 0 Å². The fourth-order valence-electron chi connectivity index (χ4n) is 1.75. The van der Waals surface area contributed by atoms with Gasteiger partial charge in [0.25, 0.3) is 0 Å². The molecule has 16 heavy (non-hydrogen) atoms. The van der Waals surface area contributed by atoms with Crippen LogP contribution in [0, 0.1) is 5.82 Å². The number of nitrogens with two attached hydrogens (primary N) is 1. The first-order chi connectivity index (χ1) is 7.50. The molecule has 0 heterocycles. The van der Waals surface area contributed by atoms with Gasteiger partial charge in [-0.05, 0) is 24.1 Å². The predicted octanol–water partition coefficient (Wildman–Crippen LogP) is 2.51. The van der Waals surface area contributed by atoms with E-state index in [1.807, 2.05) is 6.92 Å². The zero-order chi connectivity index (χ0) is 12.2. The summed E-state index contributed by atoms with van der Waals surface area (Å²) in [5.74, 6) is -0.375. The van der Waals surface area contributed by atoms with E-state index in [0.717, 1.165) is 12.0 Å². The highest BCUT2D eigenvalue weighted by molar-refractivity contribution is 6.31. The number of halogens is 2. The van der Waals surface area contributed by atoms with Gasteiger partial charge in [-0.1, -0.05) is 31.0 Å². The minimum absolute atomic E-state index is 0.175. The van der Waals surface area contributed by atoms with Crippen molar-refractivity contribution in [3.8, 4) is 0 Å². The van der Waals surface area contributed by atoms with Crippen LogP contribution in [0.5, 0.6) is 0 Å². The zero-order valence-corrected chi connectivity index (χ0v) is 10.1. The lowest BCUT2D eigenvalue weighted by Crippen LogP contribution is -2.39. The lowest BCUT2D eigenvalue weighted by Gasteiger charge is -2.26. The molecule has 3 N–H and O–H groups in total. The van der Waals surface area contributed by atoms with Crippen molar-refractivity contribution in [1.82, 2.24) is 0 Å². The van der Waals surface area contributed by atoms with Crippen molar-refractivity contribution in [3.05, 3.63) is 34.6 Å². The Morgan fingerprint density at radius 2 is 2.19 bits per heavy atom. The van der Waals surface area contributed by atoms with Crippen molar-refractivity contribution in [1.29, 1.82) is 0 Å². The molecule has 0 aliphatic rings. The molecule has 0 spiro atoms. The number of benzene rings is 1. The molecule has 0 aromatic heterocycles. The largest absolute Gasteiger partial charge is 0.388 e. The third kappa shape index (κ3) is 3.44. The molecule has 0 aliphatic heterocycles. The normalized spacial score (nSPS) is 14.8. The average Bonchev–Trinajstić information content (AvgIpc) is 2.23. The van der Waals surface area contributed by atoms with Crippen LogP contribution in [0.15, 0.2) is 18.2 Å². The van der Waals surface area contributed by atoms with Gasteiger partial charge >= 0.3 is 0 Å². The molecule has 0 aliphatic carbocycles. The van der Waals surface area contributed by atoms with E-state index in [-0.39, 0.29) is 12.4 Å². The molecule has 0 fully saturated rings. The van der Waals surface area contributed by atoms with Gasteiger partial charge in [0.15, 0.2) is 0 Å². The summed E-state index contributed by atoms with van der Waals surface area (Å²) in [5.41, 5.74) is 5.33. The molecule has 1 rings (SSSR count). The van der Waals surface area contributed by atoms with E-state index in [1.54, 1.807) is 6.07 Å². The second-order valence-corrected chi connectivity index (χ2v) is 4.50. The molecule has 0 saturated heterocycles. The van der Waals surface area contributed by atoms with E-state index in [9.17, 15) is 9.50 Å². The van der Waals surface area contributed by atoms with Crippen LogP contribution in [0.3, 0.4) is 0 Å². The minimum Gasteiger partial charge on any atom is -0.388 e. The van der Waals surface area contributed by atoms with Gasteiger partial charge < -0.3 is 10.8 Å². The van der Waals surface area contributed by atoms with E-state index in [0.29, 0.717) is 17.9 Å². The lowest BCUT2D eigenvalue weighted by molar-refractivity contribution is 0.0399. The first-order valence-corrected chi connectivity index (χ1v) is 5.75. The summed E-state index contributed by atoms with van der Waals surface area (Å²) >= 11 is 5.90. The van der Waals surface area contributed by atoms with Crippen molar-refractivity contribution in [2.24, 2.45) is 5.73 Å². The van der Waals surface area contributed by atoms with Gasteiger partial charge in [-0.2, -0.15) is 0 Å². The first kappa shape index (κ1) is 13.4. The summed E-state index contributed by atoms with van der Waals surface area (Å²) in [5, 5.41) is 10.5. The van der Waals surface area contributed by atoms with Crippen molar-refractivity contribution < 1.29 is 9.50 Å². The maximum atomic E-state index is 12.8. The van der Waals surface area contributed by atoms with Gasteiger partial charge in [0.2, 0.25) is 0 Å². The van der Waals surface area contributed by atoms with Gasteiger partial charge in [-0.25, -0.2) is 4.39 Å². The summed E-state index contributed by atoms with van der Waals surface area (Å²) in [6, 6.07) is 4.18. The number of hydrogen-bond acceptors (Lipinski definition) is 2.